The number of aliphatic imine (C=N–C) groups is 1. The van der Waals surface area contributed by atoms with E-state index < -0.39 is 0 Å². The van der Waals surface area contributed by atoms with E-state index in [9.17, 15) is 9.90 Å². The maximum Gasteiger partial charge on any atom is 0.261 e. The lowest BCUT2D eigenvalue weighted by atomic mass is 10.0. The first kappa shape index (κ1) is 21.5. The van der Waals surface area contributed by atoms with Gasteiger partial charge in [0.15, 0.2) is 0 Å². The van der Waals surface area contributed by atoms with E-state index in [-0.39, 0.29) is 18.1 Å². The summed E-state index contributed by atoms with van der Waals surface area (Å²) in [6.07, 6.45) is 9.26. The average Bonchev–Trinajstić information content (AvgIpc) is 3.53. The second-order valence-corrected chi connectivity index (χ2v) is 8.19. The molecule has 170 valence electrons. The standard InChI is InChI=1S/C26H24N6O2/c1-17-11-20(32-10-9-27-16-32)13-22-24(17)31-25(30-22)23-21(7-8-28-26(23)34)29-14-19(15-33)12-18-5-3-2-4-6-18/h2-11,13-14,16,19,33H,12,15H2,1H3,(H,28,34)(H,30,31). The highest BCUT2D eigenvalue weighted by molar-refractivity contribution is 5.86. The maximum absolute atomic E-state index is 12.8. The molecule has 3 aromatic heterocycles. The van der Waals surface area contributed by atoms with Crippen LogP contribution in [0.5, 0.6) is 0 Å². The number of aliphatic hydroxyl groups is 1. The Morgan fingerprint density at radius 1 is 1.21 bits per heavy atom. The van der Waals surface area contributed by atoms with Crippen molar-refractivity contribution in [2.75, 3.05) is 6.61 Å². The number of aryl methyl sites for hydroxylation is 1. The van der Waals surface area contributed by atoms with Crippen molar-refractivity contribution >= 4 is 22.9 Å². The minimum atomic E-state index is -0.287. The zero-order valence-corrected chi connectivity index (χ0v) is 18.6. The van der Waals surface area contributed by atoms with Crippen molar-refractivity contribution in [2.24, 2.45) is 10.9 Å². The van der Waals surface area contributed by atoms with Gasteiger partial charge in [0, 0.05) is 36.4 Å². The predicted octanol–water partition coefficient (Wildman–Crippen LogP) is 3.97. The van der Waals surface area contributed by atoms with Gasteiger partial charge in [-0.2, -0.15) is 0 Å². The van der Waals surface area contributed by atoms with Crippen molar-refractivity contribution in [1.82, 2.24) is 24.5 Å². The molecule has 1 unspecified atom stereocenters. The molecule has 0 aliphatic carbocycles. The smallest absolute Gasteiger partial charge is 0.261 e. The molecule has 34 heavy (non-hydrogen) atoms. The Balaban J connectivity index is 1.51. The predicted molar refractivity (Wildman–Crippen MR) is 133 cm³/mol. The summed E-state index contributed by atoms with van der Waals surface area (Å²) >= 11 is 0. The number of imidazole rings is 2. The van der Waals surface area contributed by atoms with Gasteiger partial charge in [-0.1, -0.05) is 30.3 Å². The number of aliphatic hydroxyl groups excluding tert-OH is 1. The molecule has 0 radical (unpaired) electrons. The second kappa shape index (κ2) is 9.29. The van der Waals surface area contributed by atoms with Gasteiger partial charge in [-0.15, -0.1) is 0 Å². The molecule has 5 rings (SSSR count). The fraction of sp³-hybridized carbons (Fsp3) is 0.154. The lowest BCUT2D eigenvalue weighted by Crippen LogP contribution is -2.12. The molecule has 2 aromatic carbocycles. The van der Waals surface area contributed by atoms with E-state index in [2.05, 4.69) is 19.9 Å². The van der Waals surface area contributed by atoms with E-state index in [0.717, 1.165) is 27.8 Å². The molecule has 0 saturated carbocycles. The third-order valence-corrected chi connectivity index (χ3v) is 5.74. The second-order valence-electron chi connectivity index (χ2n) is 8.19. The Bertz CT molecular complexity index is 1500. The molecule has 0 fully saturated rings. The normalized spacial score (nSPS) is 12.5. The Morgan fingerprint density at radius 2 is 2.06 bits per heavy atom. The van der Waals surface area contributed by atoms with Gasteiger partial charge in [-0.05, 0) is 42.7 Å². The van der Waals surface area contributed by atoms with E-state index >= 15 is 0 Å². The molecule has 1 atom stereocenters. The van der Waals surface area contributed by atoms with Crippen molar-refractivity contribution in [1.29, 1.82) is 0 Å². The van der Waals surface area contributed by atoms with Crippen LogP contribution >= 0.6 is 0 Å². The number of nitrogens with one attached hydrogen (secondary N) is 2. The molecule has 0 spiro atoms. The molecule has 0 saturated heterocycles. The van der Waals surface area contributed by atoms with Crippen LogP contribution in [0.1, 0.15) is 11.1 Å². The van der Waals surface area contributed by atoms with Crippen LogP contribution in [0.4, 0.5) is 5.69 Å². The van der Waals surface area contributed by atoms with E-state index in [1.807, 2.05) is 60.2 Å². The van der Waals surface area contributed by atoms with Gasteiger partial charge < -0.3 is 19.6 Å². The Morgan fingerprint density at radius 3 is 2.82 bits per heavy atom. The summed E-state index contributed by atoms with van der Waals surface area (Å²) in [6.45, 7) is 1.94. The minimum Gasteiger partial charge on any atom is -0.396 e. The van der Waals surface area contributed by atoms with Gasteiger partial charge in [-0.3, -0.25) is 9.79 Å². The number of aromatic amines is 2. The molecular formula is C26H24N6O2. The molecule has 0 aliphatic heterocycles. The van der Waals surface area contributed by atoms with Crippen LogP contribution in [0, 0.1) is 12.8 Å². The number of nitrogens with zero attached hydrogens (tertiary/aromatic N) is 4. The highest BCUT2D eigenvalue weighted by atomic mass is 16.3. The van der Waals surface area contributed by atoms with Crippen LogP contribution < -0.4 is 5.56 Å². The summed E-state index contributed by atoms with van der Waals surface area (Å²) < 4.78 is 1.92. The van der Waals surface area contributed by atoms with Gasteiger partial charge in [-0.25, -0.2) is 9.97 Å². The minimum absolute atomic E-state index is 0.0439. The van der Waals surface area contributed by atoms with Gasteiger partial charge in [0.2, 0.25) is 0 Å². The molecule has 3 heterocycles. The van der Waals surface area contributed by atoms with E-state index in [1.54, 1.807) is 31.0 Å². The molecule has 0 bridgehead atoms. The number of rotatable bonds is 7. The molecular weight excluding hydrogens is 428 g/mol. The first-order valence-corrected chi connectivity index (χ1v) is 11.0. The van der Waals surface area contributed by atoms with Gasteiger partial charge in [0.25, 0.3) is 5.56 Å². The Kier molecular flexibility index (Phi) is 5.88. The number of fused-ring (bicyclic) bond motifs is 1. The molecule has 5 aromatic rings. The monoisotopic (exact) mass is 452 g/mol. The third-order valence-electron chi connectivity index (χ3n) is 5.74. The van der Waals surface area contributed by atoms with Crippen LogP contribution in [-0.4, -0.2) is 42.4 Å². The number of benzene rings is 2. The first-order valence-electron chi connectivity index (χ1n) is 11.0. The van der Waals surface area contributed by atoms with Crippen molar-refractivity contribution in [3.05, 3.63) is 94.9 Å². The lowest BCUT2D eigenvalue weighted by Gasteiger charge is -2.09. The number of hydrogen-bond donors (Lipinski definition) is 3. The highest BCUT2D eigenvalue weighted by Crippen LogP contribution is 2.29. The number of aromatic nitrogens is 5. The first-order chi connectivity index (χ1) is 16.6. The van der Waals surface area contributed by atoms with Crippen LogP contribution in [0.2, 0.25) is 0 Å². The van der Waals surface area contributed by atoms with Crippen molar-refractivity contribution in [3.63, 3.8) is 0 Å². The summed E-state index contributed by atoms with van der Waals surface area (Å²) in [6, 6.07) is 15.7. The van der Waals surface area contributed by atoms with Crippen LogP contribution in [0.25, 0.3) is 28.1 Å². The van der Waals surface area contributed by atoms with Crippen LogP contribution in [0.3, 0.4) is 0 Å². The Labute approximate surface area is 195 Å². The van der Waals surface area contributed by atoms with Crippen LogP contribution in [-0.2, 0) is 6.42 Å². The Hall–Kier alpha value is -4.30. The SMILES string of the molecule is Cc1cc(-n2ccnc2)cc2[nH]c(-c3c(N=CC(CO)Cc4ccccc4)cc[nH]c3=O)nc12. The summed E-state index contributed by atoms with van der Waals surface area (Å²) in [5, 5.41) is 9.85. The summed E-state index contributed by atoms with van der Waals surface area (Å²) in [7, 11) is 0. The number of pyridine rings is 1. The van der Waals surface area contributed by atoms with Gasteiger partial charge >= 0.3 is 0 Å². The molecule has 3 N–H and O–H groups in total. The van der Waals surface area contributed by atoms with Crippen molar-refractivity contribution in [3.8, 4) is 17.1 Å². The number of H-pyrrole nitrogens is 2. The van der Waals surface area contributed by atoms with E-state index in [4.69, 9.17) is 4.98 Å². The fourth-order valence-corrected chi connectivity index (χ4v) is 4.02. The zero-order valence-electron chi connectivity index (χ0n) is 18.6. The number of hydrogen-bond acceptors (Lipinski definition) is 5. The van der Waals surface area contributed by atoms with Crippen LogP contribution in [0.15, 0.2) is 83.2 Å². The van der Waals surface area contributed by atoms with E-state index in [0.29, 0.717) is 23.5 Å². The quantitative estimate of drug-likeness (QED) is 0.324. The maximum atomic E-state index is 12.8. The molecule has 0 aliphatic rings. The average molecular weight is 453 g/mol. The highest BCUT2D eigenvalue weighted by Gasteiger charge is 2.16. The van der Waals surface area contributed by atoms with Gasteiger partial charge in [0.05, 0.1) is 29.7 Å². The summed E-state index contributed by atoms with van der Waals surface area (Å²) in [5.41, 5.74) is 5.19. The fourth-order valence-electron chi connectivity index (χ4n) is 4.02. The molecule has 8 nitrogen and oxygen atoms in total. The van der Waals surface area contributed by atoms with Crippen molar-refractivity contribution in [2.45, 2.75) is 13.3 Å². The largest absolute Gasteiger partial charge is 0.396 e. The topological polar surface area (TPSA) is 112 Å². The zero-order chi connectivity index (χ0) is 23.5. The molecule has 8 heteroatoms. The van der Waals surface area contributed by atoms with Gasteiger partial charge in [0.1, 0.15) is 11.4 Å². The molecule has 0 amide bonds. The summed E-state index contributed by atoms with van der Waals surface area (Å²) in [5.74, 6) is 0.267. The third kappa shape index (κ3) is 4.31. The van der Waals surface area contributed by atoms with E-state index in [1.165, 1.54) is 0 Å². The lowest BCUT2D eigenvalue weighted by molar-refractivity contribution is 0.263. The summed E-state index contributed by atoms with van der Waals surface area (Å²) in [4.78, 5) is 32.2. The van der Waals surface area contributed by atoms with Crippen molar-refractivity contribution < 1.29 is 5.11 Å².